The minimum absolute atomic E-state index is 0.0675. The van der Waals surface area contributed by atoms with Crippen LogP contribution in [-0.4, -0.2) is 17.9 Å². The minimum atomic E-state index is -0.508. The molecule has 5 heteroatoms. The Labute approximate surface area is 92.6 Å². The molecular weight excluding hydrogens is 214 g/mol. The second-order valence-corrected chi connectivity index (χ2v) is 3.53. The molecule has 1 amide bonds. The highest BCUT2D eigenvalue weighted by atomic mass is 35.5. The summed E-state index contributed by atoms with van der Waals surface area (Å²) in [4.78, 5) is 12.9. The Bertz CT molecular complexity index is 434. The molecule has 0 aromatic rings. The van der Waals surface area contributed by atoms with Gasteiger partial charge in [0.1, 0.15) is 22.9 Å². The topological polar surface area (TPSA) is 67.9 Å². The van der Waals surface area contributed by atoms with Gasteiger partial charge in [0.2, 0.25) is 5.91 Å². The second-order valence-electron chi connectivity index (χ2n) is 3.14. The number of halogens is 1. The van der Waals surface area contributed by atoms with Crippen LogP contribution in [0.3, 0.4) is 0 Å². The number of rotatable bonds is 0. The van der Waals surface area contributed by atoms with Gasteiger partial charge in [-0.2, -0.15) is 10.5 Å². The molecule has 15 heavy (non-hydrogen) atoms. The third-order valence-corrected chi connectivity index (χ3v) is 2.64. The molecule has 0 radical (unpaired) electrons. The molecule has 0 spiro atoms. The summed E-state index contributed by atoms with van der Waals surface area (Å²) in [6.07, 6.45) is 1.48. The highest BCUT2D eigenvalue weighted by Crippen LogP contribution is 2.28. The van der Waals surface area contributed by atoms with E-state index in [0.29, 0.717) is 5.57 Å². The number of allylic oxidation sites excluding steroid dienone is 2. The maximum absolute atomic E-state index is 11.6. The maximum Gasteiger partial charge on any atom is 0.234 e. The molecule has 0 aromatic heterocycles. The molecule has 1 aliphatic heterocycles. The van der Waals surface area contributed by atoms with Crippen molar-refractivity contribution in [3.05, 3.63) is 22.4 Å². The van der Waals surface area contributed by atoms with E-state index in [0.717, 1.165) is 0 Å². The summed E-state index contributed by atoms with van der Waals surface area (Å²) < 4.78 is 0. The standard InChI is InChI=1S/C10H8ClN3O/c1-6-8(7(4-12)5-13)3-9(11)14(2)10(6)15/h3,6H,1-2H3. The largest absolute Gasteiger partial charge is 0.305 e. The molecule has 0 bridgehead atoms. The first-order valence-electron chi connectivity index (χ1n) is 4.22. The van der Waals surface area contributed by atoms with Gasteiger partial charge in [0, 0.05) is 7.05 Å². The highest BCUT2D eigenvalue weighted by Gasteiger charge is 2.29. The predicted octanol–water partition coefficient (Wildman–Crippen LogP) is 1.52. The number of nitrogens with zero attached hydrogens (tertiary/aromatic N) is 3. The van der Waals surface area contributed by atoms with Crippen LogP contribution in [0.2, 0.25) is 0 Å². The van der Waals surface area contributed by atoms with Crippen LogP contribution >= 0.6 is 11.6 Å². The monoisotopic (exact) mass is 221 g/mol. The van der Waals surface area contributed by atoms with E-state index in [1.54, 1.807) is 26.1 Å². The van der Waals surface area contributed by atoms with E-state index in [4.69, 9.17) is 22.1 Å². The first-order valence-corrected chi connectivity index (χ1v) is 4.59. The van der Waals surface area contributed by atoms with Crippen LogP contribution < -0.4 is 0 Å². The third-order valence-electron chi connectivity index (χ3n) is 2.27. The fourth-order valence-electron chi connectivity index (χ4n) is 1.32. The van der Waals surface area contributed by atoms with E-state index in [-0.39, 0.29) is 16.6 Å². The molecule has 1 rings (SSSR count). The summed E-state index contributed by atoms with van der Waals surface area (Å²) in [5.74, 6) is -0.729. The van der Waals surface area contributed by atoms with Gasteiger partial charge in [-0.1, -0.05) is 11.6 Å². The molecule has 1 heterocycles. The first kappa shape index (κ1) is 11.3. The van der Waals surface area contributed by atoms with Crippen molar-refractivity contribution in [1.82, 2.24) is 4.90 Å². The molecule has 4 nitrogen and oxygen atoms in total. The minimum Gasteiger partial charge on any atom is -0.305 e. The van der Waals surface area contributed by atoms with Crippen LogP contribution in [0, 0.1) is 28.6 Å². The average molecular weight is 222 g/mol. The van der Waals surface area contributed by atoms with Crippen molar-refractivity contribution in [2.75, 3.05) is 7.05 Å². The van der Waals surface area contributed by atoms with Crippen molar-refractivity contribution >= 4 is 17.5 Å². The zero-order valence-corrected chi connectivity index (χ0v) is 9.04. The van der Waals surface area contributed by atoms with Crippen LogP contribution in [0.4, 0.5) is 0 Å². The molecule has 1 atom stereocenters. The lowest BCUT2D eigenvalue weighted by Gasteiger charge is -2.26. The second kappa shape index (κ2) is 4.16. The Hall–Kier alpha value is -1.78. The Morgan fingerprint density at radius 1 is 1.53 bits per heavy atom. The van der Waals surface area contributed by atoms with Crippen LogP contribution in [0.25, 0.3) is 0 Å². The highest BCUT2D eigenvalue weighted by molar-refractivity contribution is 6.30. The van der Waals surface area contributed by atoms with E-state index in [1.165, 1.54) is 11.0 Å². The average Bonchev–Trinajstić information content (AvgIpc) is 2.24. The van der Waals surface area contributed by atoms with Crippen molar-refractivity contribution in [3.63, 3.8) is 0 Å². The van der Waals surface area contributed by atoms with Gasteiger partial charge in [-0.25, -0.2) is 0 Å². The maximum atomic E-state index is 11.6. The quantitative estimate of drug-likeness (QED) is 0.460. The Kier molecular flexibility index (Phi) is 3.14. The summed E-state index contributed by atoms with van der Waals surface area (Å²) in [5.41, 5.74) is 0.315. The van der Waals surface area contributed by atoms with Gasteiger partial charge in [0.15, 0.2) is 0 Å². The predicted molar refractivity (Wildman–Crippen MR) is 54.1 cm³/mol. The third kappa shape index (κ3) is 1.86. The van der Waals surface area contributed by atoms with Gasteiger partial charge in [0.25, 0.3) is 0 Å². The number of carbonyl (C=O) groups is 1. The summed E-state index contributed by atoms with van der Waals surface area (Å²) in [6, 6.07) is 3.50. The lowest BCUT2D eigenvalue weighted by molar-refractivity contribution is -0.130. The smallest absolute Gasteiger partial charge is 0.234 e. The number of hydrogen-bond acceptors (Lipinski definition) is 3. The fourth-order valence-corrected chi connectivity index (χ4v) is 1.52. The van der Waals surface area contributed by atoms with Crippen LogP contribution in [0.1, 0.15) is 6.92 Å². The molecule has 0 N–H and O–H groups in total. The summed E-state index contributed by atoms with van der Waals surface area (Å²) >= 11 is 5.79. The van der Waals surface area contributed by atoms with Crippen molar-refractivity contribution < 1.29 is 4.79 Å². The van der Waals surface area contributed by atoms with Crippen LogP contribution in [-0.2, 0) is 4.79 Å². The summed E-state index contributed by atoms with van der Waals surface area (Å²) in [5, 5.41) is 17.6. The molecule has 1 aliphatic rings. The molecule has 76 valence electrons. The SMILES string of the molecule is CC1C(=O)N(C)C(Cl)=CC1=C(C#N)C#N. The molecule has 0 aliphatic carbocycles. The summed E-state index contributed by atoms with van der Waals surface area (Å²) in [7, 11) is 1.55. The van der Waals surface area contributed by atoms with E-state index in [9.17, 15) is 4.79 Å². The van der Waals surface area contributed by atoms with Crippen molar-refractivity contribution in [2.45, 2.75) is 6.92 Å². The Balaban J connectivity index is 3.37. The normalized spacial score (nSPS) is 20.5. The van der Waals surface area contributed by atoms with Crippen LogP contribution in [0.5, 0.6) is 0 Å². The van der Waals surface area contributed by atoms with E-state index >= 15 is 0 Å². The van der Waals surface area contributed by atoms with Crippen LogP contribution in [0.15, 0.2) is 22.4 Å². The van der Waals surface area contributed by atoms with Crippen molar-refractivity contribution in [1.29, 1.82) is 10.5 Å². The number of nitriles is 2. The fraction of sp³-hybridized carbons (Fsp3) is 0.300. The molecule has 0 saturated carbocycles. The Morgan fingerprint density at radius 2 is 2.07 bits per heavy atom. The first-order chi connectivity index (χ1) is 7.02. The molecular formula is C10H8ClN3O. The molecule has 0 saturated heterocycles. The lowest BCUT2D eigenvalue weighted by atomic mass is 9.93. The van der Waals surface area contributed by atoms with Gasteiger partial charge < -0.3 is 4.90 Å². The van der Waals surface area contributed by atoms with Gasteiger partial charge >= 0.3 is 0 Å². The Morgan fingerprint density at radius 3 is 2.53 bits per heavy atom. The summed E-state index contributed by atoms with van der Waals surface area (Å²) in [6.45, 7) is 1.64. The molecule has 0 aromatic carbocycles. The van der Waals surface area contributed by atoms with Crippen molar-refractivity contribution in [2.24, 2.45) is 5.92 Å². The lowest BCUT2D eigenvalue weighted by Crippen LogP contribution is -2.34. The van der Waals surface area contributed by atoms with Gasteiger partial charge in [-0.3, -0.25) is 4.79 Å². The van der Waals surface area contributed by atoms with Gasteiger partial charge in [-0.15, -0.1) is 0 Å². The van der Waals surface area contributed by atoms with Gasteiger partial charge in [0.05, 0.1) is 5.92 Å². The number of hydrogen-bond donors (Lipinski definition) is 0. The van der Waals surface area contributed by atoms with E-state index < -0.39 is 5.92 Å². The van der Waals surface area contributed by atoms with Gasteiger partial charge in [-0.05, 0) is 18.6 Å². The van der Waals surface area contributed by atoms with E-state index in [1.807, 2.05) is 0 Å². The number of amides is 1. The zero-order valence-electron chi connectivity index (χ0n) is 8.28. The molecule has 0 fully saturated rings. The zero-order chi connectivity index (χ0) is 11.6. The van der Waals surface area contributed by atoms with Crippen molar-refractivity contribution in [3.8, 4) is 12.1 Å². The molecule has 1 unspecified atom stereocenters. The van der Waals surface area contributed by atoms with E-state index in [2.05, 4.69) is 0 Å². The number of carbonyl (C=O) groups excluding carboxylic acids is 1.